The Bertz CT molecular complexity index is 1670. The zero-order chi connectivity index (χ0) is 31.3. The largest absolute Gasteiger partial charge is 0.430 e. The molecular formula is C24H19ClF7N3O5S2. The lowest BCUT2D eigenvalue weighted by Gasteiger charge is -2.39. The third kappa shape index (κ3) is 5.79. The number of alkyl halides is 6. The fourth-order valence-electron chi connectivity index (χ4n) is 4.39. The van der Waals surface area contributed by atoms with Gasteiger partial charge in [-0.25, -0.2) is 30.9 Å². The zero-order valence-electron chi connectivity index (χ0n) is 20.8. The van der Waals surface area contributed by atoms with Crippen LogP contribution in [-0.4, -0.2) is 51.9 Å². The number of sulfonamides is 2. The minimum Gasteiger partial charge on any atom is -0.369 e. The number of aromatic nitrogens is 1. The minimum absolute atomic E-state index is 0.00304. The van der Waals surface area contributed by atoms with Crippen molar-refractivity contribution in [3.8, 4) is 0 Å². The lowest BCUT2D eigenvalue weighted by molar-refractivity contribution is -0.376. The Morgan fingerprint density at radius 3 is 2.07 bits per heavy atom. The van der Waals surface area contributed by atoms with Crippen molar-refractivity contribution in [3.63, 3.8) is 0 Å². The van der Waals surface area contributed by atoms with Crippen LogP contribution < -0.4 is 9.03 Å². The molecule has 0 amide bonds. The van der Waals surface area contributed by atoms with Gasteiger partial charge in [0, 0.05) is 18.3 Å². The molecule has 0 saturated carbocycles. The first-order valence-electron chi connectivity index (χ1n) is 11.7. The minimum atomic E-state index is -6.18. The van der Waals surface area contributed by atoms with Gasteiger partial charge in [0.25, 0.3) is 15.6 Å². The fourth-order valence-corrected chi connectivity index (χ4v) is 7.24. The fraction of sp³-hybridized carbons (Fsp3) is 0.292. The summed E-state index contributed by atoms with van der Waals surface area (Å²) < 4.78 is 150. The first-order valence-corrected chi connectivity index (χ1v) is 15.0. The van der Waals surface area contributed by atoms with Crippen molar-refractivity contribution < 1.29 is 52.7 Å². The molecular weight excluding hydrogens is 643 g/mol. The molecule has 4 rings (SSSR count). The number of anilines is 1. The van der Waals surface area contributed by atoms with E-state index in [2.05, 4.69) is 9.71 Å². The Hall–Kier alpha value is -2.99. The highest BCUT2D eigenvalue weighted by Crippen LogP contribution is 2.51. The van der Waals surface area contributed by atoms with Gasteiger partial charge in [-0.2, -0.15) is 26.3 Å². The van der Waals surface area contributed by atoms with E-state index >= 15 is 0 Å². The van der Waals surface area contributed by atoms with E-state index in [1.54, 1.807) is 0 Å². The second-order valence-electron chi connectivity index (χ2n) is 9.17. The lowest BCUT2D eigenvalue weighted by Crippen LogP contribution is -2.54. The number of hydrogen-bond acceptors (Lipinski definition) is 6. The molecule has 0 unspecified atom stereocenters. The zero-order valence-corrected chi connectivity index (χ0v) is 23.2. The van der Waals surface area contributed by atoms with Gasteiger partial charge in [-0.1, -0.05) is 23.7 Å². The standard InChI is InChI=1S/C24H19ClF7N3O5S2/c25-21-10-8-19(13-33-21)41(37,38)34-12-17-5-1-14-11-15(22(36,23(27,28)29)24(30,31)32)2-9-20(14)35(17)42(39,40)18-6-3-16(26)4-7-18/h2-4,6-11,13,17,34,36H,1,5,12H2/t17-/m0/s1. The highest BCUT2D eigenvalue weighted by atomic mass is 35.5. The Morgan fingerprint density at radius 2 is 1.52 bits per heavy atom. The number of pyridine rings is 1. The van der Waals surface area contributed by atoms with Gasteiger partial charge in [-0.05, 0) is 60.9 Å². The normalized spacial score (nSPS) is 16.8. The summed E-state index contributed by atoms with van der Waals surface area (Å²) in [5, 5.41) is 9.83. The average molecular weight is 662 g/mol. The van der Waals surface area contributed by atoms with Crippen LogP contribution in [0.1, 0.15) is 17.5 Å². The van der Waals surface area contributed by atoms with E-state index in [4.69, 9.17) is 11.6 Å². The third-order valence-electron chi connectivity index (χ3n) is 6.52. The van der Waals surface area contributed by atoms with E-state index < -0.39 is 66.9 Å². The van der Waals surface area contributed by atoms with Crippen LogP contribution >= 0.6 is 11.6 Å². The molecule has 0 fully saturated rings. The van der Waals surface area contributed by atoms with Crippen LogP contribution in [0.2, 0.25) is 5.15 Å². The van der Waals surface area contributed by atoms with Crippen LogP contribution in [0.25, 0.3) is 0 Å². The highest BCUT2D eigenvalue weighted by molar-refractivity contribution is 7.93. The van der Waals surface area contributed by atoms with Crippen molar-refractivity contribution >= 4 is 37.3 Å². The molecule has 3 aromatic rings. The van der Waals surface area contributed by atoms with Crippen molar-refractivity contribution in [2.75, 3.05) is 10.8 Å². The van der Waals surface area contributed by atoms with E-state index in [1.165, 1.54) is 6.07 Å². The van der Waals surface area contributed by atoms with Crippen LogP contribution in [-0.2, 0) is 32.1 Å². The summed E-state index contributed by atoms with van der Waals surface area (Å²) in [6.45, 7) is -0.582. The number of halogens is 8. The van der Waals surface area contributed by atoms with Gasteiger partial charge < -0.3 is 5.11 Å². The molecule has 1 aromatic heterocycles. The summed E-state index contributed by atoms with van der Waals surface area (Å²) in [5.74, 6) is -0.794. The average Bonchev–Trinajstić information content (AvgIpc) is 2.90. The lowest BCUT2D eigenvalue weighted by atomic mass is 9.88. The van der Waals surface area contributed by atoms with Gasteiger partial charge >= 0.3 is 12.4 Å². The van der Waals surface area contributed by atoms with Crippen LogP contribution in [0.4, 0.5) is 36.4 Å². The molecule has 42 heavy (non-hydrogen) atoms. The molecule has 0 radical (unpaired) electrons. The molecule has 18 heteroatoms. The maximum atomic E-state index is 13.7. The SMILES string of the molecule is O=S(=O)(NC[C@@H]1CCc2cc(C(O)(C(F)(F)F)C(F)(F)F)ccc2N1S(=O)(=O)c1ccc(F)cc1)c1ccc(Cl)nc1. The van der Waals surface area contributed by atoms with E-state index in [1.807, 2.05) is 0 Å². The first-order chi connectivity index (χ1) is 19.3. The molecule has 1 aliphatic heterocycles. The first kappa shape index (κ1) is 31.9. The van der Waals surface area contributed by atoms with Gasteiger partial charge in [-0.15, -0.1) is 0 Å². The molecule has 0 spiro atoms. The van der Waals surface area contributed by atoms with Gasteiger partial charge in [-0.3, -0.25) is 4.31 Å². The maximum Gasteiger partial charge on any atom is 0.430 e. The molecule has 1 aliphatic rings. The predicted octanol–water partition coefficient (Wildman–Crippen LogP) is 4.67. The van der Waals surface area contributed by atoms with Gasteiger partial charge in [0.2, 0.25) is 10.0 Å². The summed E-state index contributed by atoms with van der Waals surface area (Å²) in [4.78, 5) is 2.85. The summed E-state index contributed by atoms with van der Waals surface area (Å²) in [5.41, 5.74) is -7.51. The summed E-state index contributed by atoms with van der Waals surface area (Å²) in [6.07, 6.45) is -12.0. The van der Waals surface area contributed by atoms with Gasteiger partial charge in [0.15, 0.2) is 0 Å². The quantitative estimate of drug-likeness (QED) is 0.281. The van der Waals surface area contributed by atoms with E-state index in [-0.39, 0.29) is 34.1 Å². The van der Waals surface area contributed by atoms with Crippen molar-refractivity contribution in [3.05, 3.63) is 82.9 Å². The monoisotopic (exact) mass is 661 g/mol. The molecule has 2 N–H and O–H groups in total. The van der Waals surface area contributed by atoms with E-state index in [9.17, 15) is 52.7 Å². The summed E-state index contributed by atoms with van der Waals surface area (Å²) in [7, 11) is -8.97. The number of fused-ring (bicyclic) bond motifs is 1. The van der Waals surface area contributed by atoms with Crippen LogP contribution in [0, 0.1) is 5.82 Å². The number of aryl methyl sites for hydroxylation is 1. The van der Waals surface area contributed by atoms with Crippen molar-refractivity contribution in [2.45, 2.75) is 46.6 Å². The molecule has 2 aromatic carbocycles. The second kappa shape index (κ2) is 10.9. The number of hydrogen-bond donors (Lipinski definition) is 2. The van der Waals surface area contributed by atoms with Crippen molar-refractivity contribution in [1.29, 1.82) is 0 Å². The third-order valence-corrected chi connectivity index (χ3v) is 10.0. The molecule has 8 nitrogen and oxygen atoms in total. The number of nitrogens with zero attached hydrogens (tertiary/aromatic N) is 2. The van der Waals surface area contributed by atoms with E-state index in [0.29, 0.717) is 22.5 Å². The Kier molecular flexibility index (Phi) is 8.31. The van der Waals surface area contributed by atoms with Crippen molar-refractivity contribution in [1.82, 2.24) is 9.71 Å². The summed E-state index contributed by atoms with van der Waals surface area (Å²) >= 11 is 5.67. The molecule has 2 heterocycles. The highest BCUT2D eigenvalue weighted by Gasteiger charge is 2.71. The molecule has 228 valence electrons. The van der Waals surface area contributed by atoms with Crippen molar-refractivity contribution in [2.24, 2.45) is 0 Å². The molecule has 0 saturated heterocycles. The summed E-state index contributed by atoms with van der Waals surface area (Å²) in [6, 6.07) is 5.86. The van der Waals surface area contributed by atoms with Gasteiger partial charge in [0.1, 0.15) is 15.9 Å². The smallest absolute Gasteiger partial charge is 0.369 e. The molecule has 0 aliphatic carbocycles. The number of benzene rings is 2. The number of rotatable bonds is 7. The van der Waals surface area contributed by atoms with Gasteiger partial charge in [0.05, 0.1) is 16.6 Å². The molecule has 1 atom stereocenters. The topological polar surface area (TPSA) is 117 Å². The number of nitrogens with one attached hydrogen (secondary N) is 1. The predicted molar refractivity (Wildman–Crippen MR) is 135 cm³/mol. The molecule has 0 bridgehead atoms. The maximum absolute atomic E-state index is 13.7. The number of aliphatic hydroxyl groups is 1. The van der Waals surface area contributed by atoms with E-state index in [0.717, 1.165) is 36.5 Å². The van der Waals surface area contributed by atoms with Crippen LogP contribution in [0.3, 0.4) is 0 Å². The van der Waals surface area contributed by atoms with Crippen LogP contribution in [0.5, 0.6) is 0 Å². The Morgan fingerprint density at radius 1 is 0.929 bits per heavy atom. The second-order valence-corrected chi connectivity index (χ2v) is 13.1. The van der Waals surface area contributed by atoms with Crippen LogP contribution in [0.15, 0.2) is 70.6 Å². The Labute approximate surface area is 239 Å². The Balaban J connectivity index is 1.80.